The summed E-state index contributed by atoms with van der Waals surface area (Å²) < 4.78 is 26.1. The zero-order valence-electron chi connectivity index (χ0n) is 10.9. The van der Waals surface area contributed by atoms with Crippen LogP contribution in [0.2, 0.25) is 0 Å². The van der Waals surface area contributed by atoms with Gasteiger partial charge in [-0.25, -0.2) is 8.78 Å². The molecule has 7 nitrogen and oxygen atoms in total. The minimum absolute atomic E-state index is 0.259. The molecular formula is C12H12F2N2O5. The molecule has 0 aliphatic carbocycles. The van der Waals surface area contributed by atoms with Crippen molar-refractivity contribution in [1.82, 2.24) is 5.32 Å². The summed E-state index contributed by atoms with van der Waals surface area (Å²) in [5.74, 6) is -5.05. The maximum Gasteiger partial charge on any atom is 0.305 e. The standard InChI is InChI=1S/C12H12F2N2O5/c1-2-6(3-11(17)18)15-12(19)7-4-8(13)9(14)5-10(7)16(20)21/h4-6H,2-3H2,1H3,(H,15,19)(H,17,18). The Labute approximate surface area is 117 Å². The van der Waals surface area contributed by atoms with Crippen molar-refractivity contribution >= 4 is 17.6 Å². The smallest absolute Gasteiger partial charge is 0.305 e. The molecule has 21 heavy (non-hydrogen) atoms. The van der Waals surface area contributed by atoms with E-state index in [0.29, 0.717) is 12.1 Å². The summed E-state index contributed by atoms with van der Waals surface area (Å²) in [6.45, 7) is 1.60. The van der Waals surface area contributed by atoms with Crippen LogP contribution in [0.3, 0.4) is 0 Å². The van der Waals surface area contributed by atoms with E-state index in [1.54, 1.807) is 6.92 Å². The Morgan fingerprint density at radius 3 is 2.43 bits per heavy atom. The van der Waals surface area contributed by atoms with E-state index in [-0.39, 0.29) is 12.8 Å². The van der Waals surface area contributed by atoms with Crippen molar-refractivity contribution in [3.05, 3.63) is 39.4 Å². The first kappa shape index (κ1) is 16.5. The Balaban J connectivity index is 3.08. The third-order valence-electron chi connectivity index (χ3n) is 2.73. The highest BCUT2D eigenvalue weighted by atomic mass is 19.2. The fourth-order valence-electron chi connectivity index (χ4n) is 1.64. The average Bonchev–Trinajstić information content (AvgIpc) is 2.39. The van der Waals surface area contributed by atoms with Crippen molar-refractivity contribution in [2.24, 2.45) is 0 Å². The van der Waals surface area contributed by atoms with Crippen molar-refractivity contribution in [3.63, 3.8) is 0 Å². The number of nitrogens with one attached hydrogen (secondary N) is 1. The second-order valence-corrected chi connectivity index (χ2v) is 4.22. The number of rotatable bonds is 6. The molecule has 1 aromatic rings. The number of hydrogen-bond donors (Lipinski definition) is 2. The van der Waals surface area contributed by atoms with Gasteiger partial charge in [-0.05, 0) is 12.5 Å². The van der Waals surface area contributed by atoms with E-state index in [4.69, 9.17) is 5.11 Å². The largest absolute Gasteiger partial charge is 0.481 e. The number of carboxylic acid groups (broad SMARTS) is 1. The predicted octanol–water partition coefficient (Wildman–Crippen LogP) is 1.86. The van der Waals surface area contributed by atoms with Crippen LogP contribution in [0.1, 0.15) is 30.1 Å². The number of hydrogen-bond acceptors (Lipinski definition) is 4. The summed E-state index contributed by atoms with van der Waals surface area (Å²) in [6, 6.07) is -0.0543. The Morgan fingerprint density at radius 1 is 1.38 bits per heavy atom. The Kier molecular flexibility index (Phi) is 5.28. The highest BCUT2D eigenvalue weighted by molar-refractivity contribution is 5.98. The molecule has 0 aliphatic heterocycles. The van der Waals surface area contributed by atoms with Gasteiger partial charge in [-0.1, -0.05) is 6.92 Å². The van der Waals surface area contributed by atoms with E-state index in [0.717, 1.165) is 0 Å². The Bertz CT molecular complexity index is 591. The lowest BCUT2D eigenvalue weighted by Gasteiger charge is -2.14. The van der Waals surface area contributed by atoms with Gasteiger partial charge in [0.15, 0.2) is 11.6 Å². The molecule has 0 aromatic heterocycles. The zero-order chi connectivity index (χ0) is 16.2. The number of aliphatic carboxylic acids is 1. The van der Waals surface area contributed by atoms with Gasteiger partial charge in [0.25, 0.3) is 11.6 Å². The number of nitro groups is 1. The molecule has 114 valence electrons. The molecule has 0 heterocycles. The highest BCUT2D eigenvalue weighted by Crippen LogP contribution is 2.22. The van der Waals surface area contributed by atoms with Crippen LogP contribution in [-0.4, -0.2) is 27.9 Å². The molecule has 2 N–H and O–H groups in total. The lowest BCUT2D eigenvalue weighted by molar-refractivity contribution is -0.385. The quantitative estimate of drug-likeness (QED) is 0.615. The third kappa shape index (κ3) is 4.20. The molecule has 0 bridgehead atoms. The fraction of sp³-hybridized carbons (Fsp3) is 0.333. The van der Waals surface area contributed by atoms with Crippen LogP contribution >= 0.6 is 0 Å². The van der Waals surface area contributed by atoms with E-state index in [9.17, 15) is 28.5 Å². The fourth-order valence-corrected chi connectivity index (χ4v) is 1.64. The summed E-state index contributed by atoms with van der Waals surface area (Å²) in [5.41, 5.74) is -1.56. The number of halogens is 2. The van der Waals surface area contributed by atoms with Crippen LogP contribution in [0, 0.1) is 21.7 Å². The first-order valence-corrected chi connectivity index (χ1v) is 5.92. The number of carboxylic acids is 1. The van der Waals surface area contributed by atoms with Crippen molar-refractivity contribution in [2.75, 3.05) is 0 Å². The van der Waals surface area contributed by atoms with Gasteiger partial charge in [0.1, 0.15) is 5.56 Å². The first-order chi connectivity index (χ1) is 9.76. The number of nitrogens with zero attached hydrogens (tertiary/aromatic N) is 1. The summed E-state index contributed by atoms with van der Waals surface area (Å²) >= 11 is 0. The summed E-state index contributed by atoms with van der Waals surface area (Å²) in [5, 5.41) is 21.7. The molecule has 1 aromatic carbocycles. The third-order valence-corrected chi connectivity index (χ3v) is 2.73. The van der Waals surface area contributed by atoms with Gasteiger partial charge in [0, 0.05) is 6.04 Å². The molecule has 1 amide bonds. The van der Waals surface area contributed by atoms with Crippen molar-refractivity contribution in [1.29, 1.82) is 0 Å². The molecule has 0 fully saturated rings. The van der Waals surface area contributed by atoms with Crippen LogP contribution in [0.5, 0.6) is 0 Å². The van der Waals surface area contributed by atoms with Crippen molar-refractivity contribution in [2.45, 2.75) is 25.8 Å². The zero-order valence-corrected chi connectivity index (χ0v) is 10.9. The van der Waals surface area contributed by atoms with Crippen LogP contribution in [0.4, 0.5) is 14.5 Å². The summed E-state index contributed by atoms with van der Waals surface area (Å²) in [4.78, 5) is 32.2. The molecule has 0 radical (unpaired) electrons. The lowest BCUT2D eigenvalue weighted by atomic mass is 10.1. The van der Waals surface area contributed by atoms with Gasteiger partial charge in [0.05, 0.1) is 17.4 Å². The number of carbonyl (C=O) groups is 2. The highest BCUT2D eigenvalue weighted by Gasteiger charge is 2.25. The number of carbonyl (C=O) groups excluding carboxylic acids is 1. The molecule has 9 heteroatoms. The molecule has 0 saturated carbocycles. The van der Waals surface area contributed by atoms with Crippen LogP contribution in [-0.2, 0) is 4.79 Å². The Morgan fingerprint density at radius 2 is 1.95 bits per heavy atom. The van der Waals surface area contributed by atoms with Crippen molar-refractivity contribution < 1.29 is 28.4 Å². The molecule has 1 atom stereocenters. The van der Waals surface area contributed by atoms with E-state index in [2.05, 4.69) is 5.32 Å². The number of benzene rings is 1. The monoisotopic (exact) mass is 302 g/mol. The SMILES string of the molecule is CCC(CC(=O)O)NC(=O)c1cc(F)c(F)cc1[N+](=O)[O-]. The maximum atomic E-state index is 13.1. The van der Waals surface area contributed by atoms with Gasteiger partial charge in [-0.2, -0.15) is 0 Å². The number of nitro benzene ring substituents is 1. The molecule has 1 unspecified atom stereocenters. The molecule has 0 aliphatic rings. The minimum atomic E-state index is -1.45. The second-order valence-electron chi connectivity index (χ2n) is 4.22. The normalized spacial score (nSPS) is 11.8. The topological polar surface area (TPSA) is 110 Å². The summed E-state index contributed by atoms with van der Waals surface area (Å²) in [7, 11) is 0. The van der Waals surface area contributed by atoms with Crippen LogP contribution < -0.4 is 5.32 Å². The van der Waals surface area contributed by atoms with Gasteiger partial charge in [0.2, 0.25) is 0 Å². The van der Waals surface area contributed by atoms with E-state index in [1.165, 1.54) is 0 Å². The van der Waals surface area contributed by atoms with E-state index < -0.39 is 45.7 Å². The maximum absolute atomic E-state index is 13.1. The van der Waals surface area contributed by atoms with Crippen LogP contribution in [0.15, 0.2) is 12.1 Å². The van der Waals surface area contributed by atoms with E-state index in [1.807, 2.05) is 0 Å². The van der Waals surface area contributed by atoms with Crippen molar-refractivity contribution in [3.8, 4) is 0 Å². The number of amides is 1. The lowest BCUT2D eigenvalue weighted by Crippen LogP contribution is -2.36. The average molecular weight is 302 g/mol. The second kappa shape index (κ2) is 6.73. The minimum Gasteiger partial charge on any atom is -0.481 e. The Hall–Kier alpha value is -2.58. The van der Waals surface area contributed by atoms with Gasteiger partial charge >= 0.3 is 5.97 Å². The van der Waals surface area contributed by atoms with Crippen LogP contribution in [0.25, 0.3) is 0 Å². The van der Waals surface area contributed by atoms with Gasteiger partial charge in [-0.15, -0.1) is 0 Å². The molecule has 0 saturated heterocycles. The van der Waals surface area contributed by atoms with Gasteiger partial charge in [-0.3, -0.25) is 19.7 Å². The van der Waals surface area contributed by atoms with E-state index >= 15 is 0 Å². The molecular weight excluding hydrogens is 290 g/mol. The van der Waals surface area contributed by atoms with Gasteiger partial charge < -0.3 is 10.4 Å². The summed E-state index contributed by atoms with van der Waals surface area (Å²) in [6.07, 6.45) is -0.130. The first-order valence-electron chi connectivity index (χ1n) is 5.92. The predicted molar refractivity (Wildman–Crippen MR) is 66.8 cm³/mol. The molecule has 1 rings (SSSR count). The molecule has 0 spiro atoms.